The number of nitriles is 1. The minimum absolute atomic E-state index is 0.0900. The van der Waals surface area contributed by atoms with Gasteiger partial charge >= 0.3 is 0 Å². The van der Waals surface area contributed by atoms with E-state index in [2.05, 4.69) is 4.98 Å². The van der Waals surface area contributed by atoms with Crippen molar-refractivity contribution < 1.29 is 14.6 Å². The number of hydrogen-bond donors (Lipinski definition) is 1. The zero-order valence-corrected chi connectivity index (χ0v) is 16.3. The average molecular weight is 377 g/mol. The third kappa shape index (κ3) is 3.12. The number of rotatable bonds is 5. The fourth-order valence-corrected chi connectivity index (χ4v) is 4.26. The van der Waals surface area contributed by atoms with Crippen LogP contribution >= 0.6 is 0 Å². The SMILES string of the molecule is COc1cc(C#N)nc(-c2cccc3c2C(=O)N([C@H](C2CC2)C(C)(C)O)C3)c1. The van der Waals surface area contributed by atoms with E-state index >= 15 is 0 Å². The Balaban J connectivity index is 1.79. The minimum atomic E-state index is -0.971. The van der Waals surface area contributed by atoms with Crippen molar-refractivity contribution in [1.82, 2.24) is 9.88 Å². The van der Waals surface area contributed by atoms with Crippen LogP contribution in [0.5, 0.6) is 5.75 Å². The van der Waals surface area contributed by atoms with Crippen LogP contribution in [-0.4, -0.2) is 39.7 Å². The van der Waals surface area contributed by atoms with Gasteiger partial charge in [-0.1, -0.05) is 18.2 Å². The number of amides is 1. The Hall–Kier alpha value is -2.91. The maximum Gasteiger partial charge on any atom is 0.255 e. The van der Waals surface area contributed by atoms with E-state index in [1.165, 1.54) is 7.11 Å². The molecule has 1 aromatic carbocycles. The van der Waals surface area contributed by atoms with Gasteiger partial charge in [-0.2, -0.15) is 5.26 Å². The summed E-state index contributed by atoms with van der Waals surface area (Å²) in [4.78, 5) is 19.6. The number of aromatic nitrogens is 1. The molecule has 1 amide bonds. The molecule has 144 valence electrons. The third-order valence-electron chi connectivity index (χ3n) is 5.52. The molecule has 1 atom stereocenters. The third-order valence-corrected chi connectivity index (χ3v) is 5.52. The molecule has 1 fully saturated rings. The van der Waals surface area contributed by atoms with Gasteiger partial charge in [0, 0.05) is 24.2 Å². The molecule has 6 heteroatoms. The molecule has 0 saturated heterocycles. The van der Waals surface area contributed by atoms with Crippen molar-refractivity contribution in [2.75, 3.05) is 7.11 Å². The van der Waals surface area contributed by atoms with Gasteiger partial charge in [0.05, 0.1) is 30.0 Å². The van der Waals surface area contributed by atoms with Crippen molar-refractivity contribution >= 4 is 5.91 Å². The molecule has 2 heterocycles. The fraction of sp³-hybridized carbons (Fsp3) is 0.409. The maximum absolute atomic E-state index is 13.4. The van der Waals surface area contributed by atoms with Gasteiger partial charge in [-0.25, -0.2) is 4.98 Å². The van der Waals surface area contributed by atoms with E-state index in [0.717, 1.165) is 18.4 Å². The maximum atomic E-state index is 13.4. The number of nitrogens with zero attached hydrogens (tertiary/aromatic N) is 3. The Labute approximate surface area is 164 Å². The smallest absolute Gasteiger partial charge is 0.255 e. The summed E-state index contributed by atoms with van der Waals surface area (Å²) in [7, 11) is 1.53. The van der Waals surface area contributed by atoms with Crippen LogP contribution in [-0.2, 0) is 6.54 Å². The highest BCUT2D eigenvalue weighted by atomic mass is 16.5. The van der Waals surface area contributed by atoms with Crippen molar-refractivity contribution in [1.29, 1.82) is 5.26 Å². The first-order valence-electron chi connectivity index (χ1n) is 9.45. The quantitative estimate of drug-likeness (QED) is 0.865. The van der Waals surface area contributed by atoms with Crippen molar-refractivity contribution in [2.45, 2.75) is 44.9 Å². The number of carbonyl (C=O) groups is 1. The molecule has 1 aliphatic heterocycles. The summed E-state index contributed by atoms with van der Waals surface area (Å²) in [5, 5.41) is 20.0. The standard InChI is InChI=1S/C22H23N3O3/c1-22(2,27)20(13-7-8-13)25-12-14-5-4-6-17(19(14)21(25)26)18-10-16(28-3)9-15(11-23)24-18/h4-6,9-10,13,20,27H,7-8,12H2,1-3H3/t20-/m1/s1. The van der Waals surface area contributed by atoms with Crippen molar-refractivity contribution in [2.24, 2.45) is 5.92 Å². The number of methoxy groups -OCH3 is 1. The predicted octanol–water partition coefficient (Wildman–Crippen LogP) is 3.13. The first kappa shape index (κ1) is 18.5. The molecule has 0 bridgehead atoms. The molecule has 1 aliphatic carbocycles. The first-order chi connectivity index (χ1) is 13.3. The van der Waals surface area contributed by atoms with E-state index in [-0.39, 0.29) is 17.6 Å². The summed E-state index contributed by atoms with van der Waals surface area (Å²) in [5.74, 6) is 0.767. The lowest BCUT2D eigenvalue weighted by Crippen LogP contribution is -2.51. The molecule has 4 rings (SSSR count). The second kappa shape index (κ2) is 6.61. The highest BCUT2D eigenvalue weighted by molar-refractivity contribution is 6.04. The van der Waals surface area contributed by atoms with E-state index < -0.39 is 5.60 Å². The van der Waals surface area contributed by atoms with Crippen LogP contribution in [0, 0.1) is 17.2 Å². The summed E-state index contributed by atoms with van der Waals surface area (Å²) < 4.78 is 5.29. The molecular formula is C22H23N3O3. The molecule has 1 aromatic heterocycles. The number of benzene rings is 1. The Morgan fingerprint density at radius 1 is 1.36 bits per heavy atom. The zero-order valence-electron chi connectivity index (χ0n) is 16.3. The normalized spacial score (nSPS) is 17.2. The molecule has 0 spiro atoms. The fourth-order valence-electron chi connectivity index (χ4n) is 4.26. The minimum Gasteiger partial charge on any atom is -0.497 e. The number of ether oxygens (including phenoxy) is 1. The van der Waals surface area contributed by atoms with Gasteiger partial charge in [-0.05, 0) is 38.2 Å². The summed E-state index contributed by atoms with van der Waals surface area (Å²) in [6, 6.07) is 10.8. The Morgan fingerprint density at radius 3 is 2.71 bits per heavy atom. The van der Waals surface area contributed by atoms with Crippen LogP contribution in [0.3, 0.4) is 0 Å². The summed E-state index contributed by atoms with van der Waals surface area (Å²) >= 11 is 0. The number of hydrogen-bond acceptors (Lipinski definition) is 5. The number of fused-ring (bicyclic) bond motifs is 1. The first-order valence-corrected chi connectivity index (χ1v) is 9.45. The van der Waals surface area contributed by atoms with Crippen LogP contribution in [0.25, 0.3) is 11.3 Å². The number of pyridine rings is 1. The van der Waals surface area contributed by atoms with Crippen molar-refractivity contribution in [3.63, 3.8) is 0 Å². The second-order valence-electron chi connectivity index (χ2n) is 8.10. The predicted molar refractivity (Wildman–Crippen MR) is 104 cm³/mol. The van der Waals surface area contributed by atoms with Gasteiger partial charge in [0.15, 0.2) is 0 Å². The summed E-state index contributed by atoms with van der Waals surface area (Å²) in [6.45, 7) is 4.02. The lowest BCUT2D eigenvalue weighted by atomic mass is 9.93. The topological polar surface area (TPSA) is 86.5 Å². The number of carbonyl (C=O) groups excluding carboxylic acids is 1. The average Bonchev–Trinajstić information content (AvgIpc) is 3.44. The Bertz CT molecular complexity index is 983. The van der Waals surface area contributed by atoms with Gasteiger partial charge in [0.1, 0.15) is 17.5 Å². The Morgan fingerprint density at radius 2 is 2.11 bits per heavy atom. The molecule has 6 nitrogen and oxygen atoms in total. The molecule has 1 saturated carbocycles. The molecular weight excluding hydrogens is 354 g/mol. The van der Waals surface area contributed by atoms with E-state index in [0.29, 0.717) is 35.0 Å². The van der Waals surface area contributed by atoms with Crippen LogP contribution in [0.2, 0.25) is 0 Å². The van der Waals surface area contributed by atoms with Crippen LogP contribution < -0.4 is 4.74 Å². The lowest BCUT2D eigenvalue weighted by molar-refractivity contribution is -0.0224. The van der Waals surface area contributed by atoms with Crippen LogP contribution in [0.1, 0.15) is 48.3 Å². The van der Waals surface area contributed by atoms with Crippen molar-refractivity contribution in [3.8, 4) is 23.1 Å². The Kier molecular flexibility index (Phi) is 4.35. The van der Waals surface area contributed by atoms with Crippen LogP contribution in [0.4, 0.5) is 0 Å². The highest BCUT2D eigenvalue weighted by Gasteiger charge is 2.48. The van der Waals surface area contributed by atoms with E-state index in [9.17, 15) is 15.2 Å². The van der Waals surface area contributed by atoms with Gasteiger partial charge in [-0.3, -0.25) is 4.79 Å². The molecule has 28 heavy (non-hydrogen) atoms. The summed E-state index contributed by atoms with van der Waals surface area (Å²) in [6.07, 6.45) is 2.06. The van der Waals surface area contributed by atoms with Gasteiger partial charge in [0.2, 0.25) is 0 Å². The molecule has 2 aliphatic rings. The van der Waals surface area contributed by atoms with E-state index in [1.54, 1.807) is 30.9 Å². The van der Waals surface area contributed by atoms with Gasteiger partial charge in [0.25, 0.3) is 5.91 Å². The number of aliphatic hydroxyl groups is 1. The lowest BCUT2D eigenvalue weighted by Gasteiger charge is -2.37. The van der Waals surface area contributed by atoms with E-state index in [4.69, 9.17) is 4.74 Å². The molecule has 2 aromatic rings. The van der Waals surface area contributed by atoms with E-state index in [1.807, 2.05) is 24.3 Å². The second-order valence-corrected chi connectivity index (χ2v) is 8.10. The monoisotopic (exact) mass is 377 g/mol. The largest absolute Gasteiger partial charge is 0.497 e. The van der Waals surface area contributed by atoms with Gasteiger partial charge in [-0.15, -0.1) is 0 Å². The summed E-state index contributed by atoms with van der Waals surface area (Å²) in [5.41, 5.74) is 2.00. The molecule has 0 radical (unpaired) electrons. The van der Waals surface area contributed by atoms with Crippen LogP contribution in [0.15, 0.2) is 30.3 Å². The molecule has 0 unspecified atom stereocenters. The molecule has 1 N–H and O–H groups in total. The van der Waals surface area contributed by atoms with Crippen molar-refractivity contribution in [3.05, 3.63) is 47.2 Å². The highest BCUT2D eigenvalue weighted by Crippen LogP contribution is 2.44. The zero-order chi connectivity index (χ0) is 20.1. The van der Waals surface area contributed by atoms with Gasteiger partial charge < -0.3 is 14.7 Å².